The van der Waals surface area contributed by atoms with Gasteiger partial charge in [-0.15, -0.1) is 12.4 Å². The minimum atomic E-state index is 0. The number of hydrogen-bond acceptors (Lipinski definition) is 2. The van der Waals surface area contributed by atoms with Crippen molar-refractivity contribution in [1.82, 2.24) is 4.90 Å². The van der Waals surface area contributed by atoms with Gasteiger partial charge in [0.05, 0.1) is 0 Å². The lowest BCUT2D eigenvalue weighted by atomic mass is 10.0. The van der Waals surface area contributed by atoms with Crippen LogP contribution in [-0.2, 0) is 4.79 Å². The normalized spacial score (nSPS) is 21.0. The highest BCUT2D eigenvalue weighted by atomic mass is 35.5. The molecule has 22 heavy (non-hydrogen) atoms. The smallest absolute Gasteiger partial charge is 0.226 e. The highest BCUT2D eigenvalue weighted by molar-refractivity contribution is 5.86. The fraction of sp³-hybridized carbons (Fsp3) is 0.389. The Hall–Kier alpha value is -1.58. The van der Waals surface area contributed by atoms with E-state index in [9.17, 15) is 4.79 Å². The lowest BCUT2D eigenvalue weighted by Crippen LogP contribution is -2.40. The summed E-state index contributed by atoms with van der Waals surface area (Å²) in [5, 5.41) is 2.50. The molecule has 1 saturated carbocycles. The number of carbonyl (C=O) groups excluding carboxylic acids is 1. The number of benzene rings is 2. The fourth-order valence-corrected chi connectivity index (χ4v) is 2.91. The largest absolute Gasteiger partial charge is 0.342 e. The molecule has 4 heteroatoms. The van der Waals surface area contributed by atoms with Gasteiger partial charge in [0.2, 0.25) is 5.91 Å². The van der Waals surface area contributed by atoms with Crippen molar-refractivity contribution >= 4 is 29.1 Å². The molecule has 2 aromatic rings. The third-order valence-electron chi connectivity index (χ3n) is 4.66. The van der Waals surface area contributed by atoms with Crippen LogP contribution >= 0.6 is 12.4 Å². The highest BCUT2D eigenvalue weighted by Gasteiger charge is 2.45. The maximum Gasteiger partial charge on any atom is 0.226 e. The molecule has 0 spiro atoms. The van der Waals surface area contributed by atoms with E-state index in [0.29, 0.717) is 12.5 Å². The second-order valence-corrected chi connectivity index (χ2v) is 6.09. The summed E-state index contributed by atoms with van der Waals surface area (Å²) < 4.78 is 0. The first-order valence-electron chi connectivity index (χ1n) is 7.57. The summed E-state index contributed by atoms with van der Waals surface area (Å²) in [7, 11) is 1.86. The van der Waals surface area contributed by atoms with E-state index in [-0.39, 0.29) is 30.3 Å². The quantitative estimate of drug-likeness (QED) is 0.941. The molecule has 0 bridgehead atoms. The molecule has 1 amide bonds. The molecule has 1 aliphatic carbocycles. The molecule has 0 aromatic heterocycles. The summed E-state index contributed by atoms with van der Waals surface area (Å²) in [5.74, 6) is 0.728. The molecule has 0 aliphatic heterocycles. The van der Waals surface area contributed by atoms with Crippen LogP contribution in [0.1, 0.15) is 24.8 Å². The summed E-state index contributed by atoms with van der Waals surface area (Å²) in [6.07, 6.45) is 0.957. The number of hydrogen-bond donors (Lipinski definition) is 1. The van der Waals surface area contributed by atoms with Gasteiger partial charge in [-0.3, -0.25) is 4.79 Å². The summed E-state index contributed by atoms with van der Waals surface area (Å²) in [4.78, 5) is 14.2. The van der Waals surface area contributed by atoms with Crippen LogP contribution in [0, 0.1) is 5.92 Å². The molecule has 3 atom stereocenters. The molecule has 0 radical (unpaired) electrons. The van der Waals surface area contributed by atoms with Gasteiger partial charge >= 0.3 is 0 Å². The highest BCUT2D eigenvalue weighted by Crippen LogP contribution is 2.49. The Balaban J connectivity index is 0.00000176. The molecule has 0 saturated heterocycles. The van der Waals surface area contributed by atoms with Crippen molar-refractivity contribution < 1.29 is 4.79 Å². The van der Waals surface area contributed by atoms with Gasteiger partial charge in [-0.05, 0) is 35.6 Å². The number of likely N-dealkylation sites (N-methyl/N-ethyl adjacent to an activating group) is 1. The first-order valence-corrected chi connectivity index (χ1v) is 7.57. The molecular formula is C18H23ClN2O. The van der Waals surface area contributed by atoms with Crippen LogP contribution in [0.3, 0.4) is 0 Å². The van der Waals surface area contributed by atoms with Crippen molar-refractivity contribution in [1.29, 1.82) is 0 Å². The van der Waals surface area contributed by atoms with E-state index in [1.54, 1.807) is 4.90 Å². The van der Waals surface area contributed by atoms with E-state index in [0.717, 1.165) is 6.42 Å². The second-order valence-electron chi connectivity index (χ2n) is 6.09. The van der Waals surface area contributed by atoms with Gasteiger partial charge in [0.1, 0.15) is 0 Å². The van der Waals surface area contributed by atoms with Crippen molar-refractivity contribution in [3.63, 3.8) is 0 Å². The average molecular weight is 319 g/mol. The molecule has 0 heterocycles. The topological polar surface area (TPSA) is 46.3 Å². The first-order chi connectivity index (χ1) is 10.1. The molecule has 3 nitrogen and oxygen atoms in total. The predicted molar refractivity (Wildman–Crippen MR) is 93.3 cm³/mol. The summed E-state index contributed by atoms with van der Waals surface area (Å²) >= 11 is 0. The van der Waals surface area contributed by atoms with Crippen LogP contribution in [0.4, 0.5) is 0 Å². The maximum absolute atomic E-state index is 12.4. The number of amides is 1. The van der Waals surface area contributed by atoms with E-state index in [4.69, 9.17) is 5.73 Å². The Morgan fingerprint density at radius 1 is 1.27 bits per heavy atom. The summed E-state index contributed by atoms with van der Waals surface area (Å²) in [5.41, 5.74) is 6.92. The van der Waals surface area contributed by atoms with Gasteiger partial charge in [-0.2, -0.15) is 0 Å². The van der Waals surface area contributed by atoms with Gasteiger partial charge in [0, 0.05) is 25.6 Å². The Kier molecular flexibility index (Phi) is 5.09. The number of rotatable bonds is 4. The Morgan fingerprint density at radius 2 is 1.95 bits per heavy atom. The SMILES string of the molecule is CC(CN)N(C)C(=O)C1CC1c1ccc2ccccc2c1.Cl. The van der Waals surface area contributed by atoms with Crippen molar-refractivity contribution in [2.75, 3.05) is 13.6 Å². The fourth-order valence-electron chi connectivity index (χ4n) is 2.91. The molecular weight excluding hydrogens is 296 g/mol. The third kappa shape index (κ3) is 3.11. The Labute approximate surface area is 137 Å². The number of nitrogens with two attached hydrogens (primary N) is 1. The minimum Gasteiger partial charge on any atom is -0.342 e. The molecule has 2 N–H and O–H groups in total. The molecule has 118 valence electrons. The van der Waals surface area contributed by atoms with Crippen LogP contribution in [0.15, 0.2) is 42.5 Å². The lowest BCUT2D eigenvalue weighted by Gasteiger charge is -2.23. The van der Waals surface area contributed by atoms with Gasteiger partial charge in [-0.25, -0.2) is 0 Å². The molecule has 3 unspecified atom stereocenters. The Bertz CT molecular complexity index is 673. The summed E-state index contributed by atoms with van der Waals surface area (Å²) in [6, 6.07) is 15.0. The van der Waals surface area contributed by atoms with E-state index in [1.165, 1.54) is 16.3 Å². The van der Waals surface area contributed by atoms with Crippen LogP contribution in [0.25, 0.3) is 10.8 Å². The number of fused-ring (bicyclic) bond motifs is 1. The lowest BCUT2D eigenvalue weighted by molar-refractivity contribution is -0.133. The van der Waals surface area contributed by atoms with E-state index in [2.05, 4.69) is 42.5 Å². The average Bonchev–Trinajstić information content (AvgIpc) is 3.32. The maximum atomic E-state index is 12.4. The van der Waals surface area contributed by atoms with Gasteiger partial charge in [0.15, 0.2) is 0 Å². The zero-order chi connectivity index (χ0) is 15.0. The molecule has 1 fully saturated rings. The zero-order valence-electron chi connectivity index (χ0n) is 13.0. The van der Waals surface area contributed by atoms with Gasteiger partial charge in [0.25, 0.3) is 0 Å². The van der Waals surface area contributed by atoms with E-state index in [1.807, 2.05) is 14.0 Å². The van der Waals surface area contributed by atoms with Gasteiger partial charge in [-0.1, -0.05) is 42.5 Å². The van der Waals surface area contributed by atoms with Crippen molar-refractivity contribution in [2.45, 2.75) is 25.3 Å². The van der Waals surface area contributed by atoms with Crippen LogP contribution in [0.5, 0.6) is 0 Å². The van der Waals surface area contributed by atoms with Crippen LogP contribution in [0.2, 0.25) is 0 Å². The third-order valence-corrected chi connectivity index (χ3v) is 4.66. The van der Waals surface area contributed by atoms with Crippen LogP contribution in [-0.4, -0.2) is 30.4 Å². The number of halogens is 1. The first kappa shape index (κ1) is 16.8. The van der Waals surface area contributed by atoms with Crippen molar-refractivity contribution in [3.8, 4) is 0 Å². The number of carbonyl (C=O) groups is 1. The van der Waals surface area contributed by atoms with Crippen molar-refractivity contribution in [3.05, 3.63) is 48.0 Å². The Morgan fingerprint density at radius 3 is 2.64 bits per heavy atom. The van der Waals surface area contributed by atoms with E-state index >= 15 is 0 Å². The van der Waals surface area contributed by atoms with Gasteiger partial charge < -0.3 is 10.6 Å². The molecule has 2 aromatic carbocycles. The standard InChI is InChI=1S/C18H22N2O.ClH/c1-12(11-19)20(2)18(21)17-10-16(17)15-8-7-13-5-3-4-6-14(13)9-15;/h3-9,12,16-17H,10-11,19H2,1-2H3;1H. The zero-order valence-corrected chi connectivity index (χ0v) is 13.8. The minimum absolute atomic E-state index is 0. The predicted octanol–water partition coefficient (Wildman–Crippen LogP) is 3.17. The monoisotopic (exact) mass is 318 g/mol. The van der Waals surface area contributed by atoms with E-state index < -0.39 is 0 Å². The summed E-state index contributed by atoms with van der Waals surface area (Å²) in [6.45, 7) is 2.50. The van der Waals surface area contributed by atoms with Crippen LogP contribution < -0.4 is 5.73 Å². The molecule has 3 rings (SSSR count). The molecule has 1 aliphatic rings. The van der Waals surface area contributed by atoms with Crippen molar-refractivity contribution in [2.24, 2.45) is 11.7 Å². The second kappa shape index (κ2) is 6.67. The number of nitrogens with zero attached hydrogens (tertiary/aromatic N) is 1.